The van der Waals surface area contributed by atoms with E-state index in [9.17, 15) is 14.4 Å². The van der Waals surface area contributed by atoms with E-state index in [0.29, 0.717) is 23.8 Å². The first-order valence-electron chi connectivity index (χ1n) is 8.55. The van der Waals surface area contributed by atoms with Gasteiger partial charge < -0.3 is 5.32 Å². The van der Waals surface area contributed by atoms with Crippen molar-refractivity contribution >= 4 is 58.3 Å². The third-order valence-electron chi connectivity index (χ3n) is 5.01. The van der Waals surface area contributed by atoms with E-state index < -0.39 is 24.0 Å². The lowest BCUT2D eigenvalue weighted by Crippen LogP contribution is -2.50. The van der Waals surface area contributed by atoms with Crippen LogP contribution in [0.1, 0.15) is 32.6 Å². The molecule has 2 fully saturated rings. The lowest BCUT2D eigenvalue weighted by molar-refractivity contribution is -0.135. The number of nitrogens with one attached hydrogen (secondary N) is 3. The Morgan fingerprint density at radius 1 is 1.22 bits per heavy atom. The number of rotatable bonds is 4. The Kier molecular flexibility index (Phi) is 5.74. The van der Waals surface area contributed by atoms with E-state index in [-0.39, 0.29) is 21.6 Å². The van der Waals surface area contributed by atoms with Crippen molar-refractivity contribution in [2.75, 3.05) is 12.0 Å². The Morgan fingerprint density at radius 2 is 1.81 bits per heavy atom. The number of amides is 4. The molecule has 7 nitrogen and oxygen atoms in total. The first kappa shape index (κ1) is 20.0. The maximum atomic E-state index is 12.7. The topological polar surface area (TPSA) is 90.5 Å². The molecule has 1 saturated carbocycles. The fourth-order valence-electron chi connectivity index (χ4n) is 3.39. The Bertz CT molecular complexity index is 771. The van der Waals surface area contributed by atoms with Gasteiger partial charge in [0.25, 0.3) is 11.8 Å². The van der Waals surface area contributed by atoms with Crippen molar-refractivity contribution < 1.29 is 14.4 Å². The van der Waals surface area contributed by atoms with Crippen LogP contribution in [0.5, 0.6) is 0 Å². The molecule has 2 aliphatic rings. The van der Waals surface area contributed by atoms with Crippen molar-refractivity contribution in [3.63, 3.8) is 0 Å². The van der Waals surface area contributed by atoms with Crippen LogP contribution in [0, 0.1) is 5.92 Å². The predicted octanol–water partition coefficient (Wildman–Crippen LogP) is 3.59. The molecule has 0 aromatic heterocycles. The molecule has 1 saturated heterocycles. The van der Waals surface area contributed by atoms with Gasteiger partial charge in [-0.25, -0.2) is 4.79 Å². The summed E-state index contributed by atoms with van der Waals surface area (Å²) in [5, 5.41) is 3.57. The van der Waals surface area contributed by atoms with E-state index in [4.69, 9.17) is 34.8 Å². The largest absolute Gasteiger partial charge is 0.325 e. The minimum absolute atomic E-state index is 0.220. The summed E-state index contributed by atoms with van der Waals surface area (Å²) < 4.78 is 0. The zero-order valence-corrected chi connectivity index (χ0v) is 16.8. The fourth-order valence-corrected chi connectivity index (χ4v) is 4.30. The van der Waals surface area contributed by atoms with Crippen LogP contribution < -0.4 is 16.2 Å². The second-order valence-corrected chi connectivity index (χ2v) is 8.25. The molecule has 0 radical (unpaired) electrons. The Hall–Kier alpha value is -1.70. The molecule has 4 amide bonds. The molecule has 1 heterocycles. The van der Waals surface area contributed by atoms with E-state index >= 15 is 0 Å². The summed E-state index contributed by atoms with van der Waals surface area (Å²) in [6.07, 6.45) is 2.90. The average Bonchev–Trinajstić information content (AvgIpc) is 2.81. The number of carbonyl (C=O) groups is 3. The third-order valence-corrected chi connectivity index (χ3v) is 5.82. The van der Waals surface area contributed by atoms with Gasteiger partial charge in [0, 0.05) is 5.02 Å². The third kappa shape index (κ3) is 4.10. The lowest BCUT2D eigenvalue weighted by atomic mass is 9.77. The van der Waals surface area contributed by atoms with Gasteiger partial charge in [0.05, 0.1) is 15.7 Å². The molecule has 1 aromatic rings. The summed E-state index contributed by atoms with van der Waals surface area (Å²) in [5.74, 6) is -0.408. The number of imide groups is 1. The SMILES string of the molecule is CC1CCC2(CC1)NC(=O)N(CC(=O)NNc1c(Cl)cc(Cl)cc1Cl)C2=O. The minimum atomic E-state index is -0.875. The van der Waals surface area contributed by atoms with Gasteiger partial charge in [-0.2, -0.15) is 0 Å². The Morgan fingerprint density at radius 3 is 2.41 bits per heavy atom. The monoisotopic (exact) mass is 432 g/mol. The van der Waals surface area contributed by atoms with Crippen LogP contribution >= 0.6 is 34.8 Å². The highest BCUT2D eigenvalue weighted by molar-refractivity contribution is 6.41. The quantitative estimate of drug-likeness (QED) is 0.500. The van der Waals surface area contributed by atoms with Crippen molar-refractivity contribution in [2.24, 2.45) is 5.92 Å². The second-order valence-electron chi connectivity index (χ2n) is 7.00. The molecule has 27 heavy (non-hydrogen) atoms. The van der Waals surface area contributed by atoms with Gasteiger partial charge in [-0.1, -0.05) is 41.7 Å². The highest BCUT2D eigenvalue weighted by Crippen LogP contribution is 2.36. The van der Waals surface area contributed by atoms with Gasteiger partial charge in [0.1, 0.15) is 12.1 Å². The van der Waals surface area contributed by atoms with Crippen molar-refractivity contribution in [1.29, 1.82) is 0 Å². The highest BCUT2D eigenvalue weighted by atomic mass is 35.5. The molecule has 1 aromatic carbocycles. The molecule has 3 rings (SSSR count). The van der Waals surface area contributed by atoms with Gasteiger partial charge in [0.2, 0.25) is 0 Å². The van der Waals surface area contributed by atoms with Gasteiger partial charge in [-0.15, -0.1) is 0 Å². The van der Waals surface area contributed by atoms with Crippen LogP contribution in [-0.4, -0.2) is 34.8 Å². The smallest absolute Gasteiger partial charge is 0.323 e. The summed E-state index contributed by atoms with van der Waals surface area (Å²) in [6, 6.07) is 2.39. The van der Waals surface area contributed by atoms with E-state index in [1.54, 1.807) is 0 Å². The van der Waals surface area contributed by atoms with Gasteiger partial charge in [-0.05, 0) is 43.7 Å². The fraction of sp³-hybridized carbons (Fsp3) is 0.471. The van der Waals surface area contributed by atoms with E-state index in [1.165, 1.54) is 12.1 Å². The molecule has 0 unspecified atom stereocenters. The number of anilines is 1. The average molecular weight is 434 g/mol. The van der Waals surface area contributed by atoms with Crippen LogP contribution in [0.2, 0.25) is 15.1 Å². The molecule has 10 heteroatoms. The molecule has 1 spiro atoms. The molecular formula is C17H19Cl3N4O3. The van der Waals surface area contributed by atoms with Crippen LogP contribution in [0.4, 0.5) is 10.5 Å². The zero-order chi connectivity index (χ0) is 19.8. The minimum Gasteiger partial charge on any atom is -0.323 e. The normalized spacial score (nSPS) is 24.9. The lowest BCUT2D eigenvalue weighted by Gasteiger charge is -2.33. The van der Waals surface area contributed by atoms with Crippen LogP contribution in [0.25, 0.3) is 0 Å². The Balaban J connectivity index is 1.61. The van der Waals surface area contributed by atoms with Crippen molar-refractivity contribution in [1.82, 2.24) is 15.6 Å². The number of hydrogen-bond acceptors (Lipinski definition) is 4. The maximum Gasteiger partial charge on any atom is 0.325 e. The number of hydrogen-bond donors (Lipinski definition) is 3. The predicted molar refractivity (Wildman–Crippen MR) is 104 cm³/mol. The zero-order valence-electron chi connectivity index (χ0n) is 14.6. The van der Waals surface area contributed by atoms with Gasteiger partial charge >= 0.3 is 6.03 Å². The number of halogens is 3. The Labute approximate surface area is 171 Å². The molecular weight excluding hydrogens is 415 g/mol. The van der Waals surface area contributed by atoms with E-state index in [1.807, 2.05) is 0 Å². The van der Waals surface area contributed by atoms with Crippen molar-refractivity contribution in [2.45, 2.75) is 38.1 Å². The standard InChI is InChI=1S/C17H19Cl3N4O3/c1-9-2-4-17(5-3-9)15(26)24(16(27)21-17)8-13(25)22-23-14-11(19)6-10(18)7-12(14)20/h6-7,9,23H,2-5,8H2,1H3,(H,21,27)(H,22,25). The number of carbonyl (C=O) groups excluding carboxylic acids is 3. The summed E-state index contributed by atoms with van der Waals surface area (Å²) in [6.45, 7) is 1.72. The van der Waals surface area contributed by atoms with E-state index in [2.05, 4.69) is 23.1 Å². The summed E-state index contributed by atoms with van der Waals surface area (Å²) in [4.78, 5) is 38.1. The number of urea groups is 1. The maximum absolute atomic E-state index is 12.7. The van der Waals surface area contributed by atoms with Gasteiger partial charge in [0.15, 0.2) is 0 Å². The summed E-state index contributed by atoms with van der Waals surface area (Å²) >= 11 is 17.9. The van der Waals surface area contributed by atoms with Crippen LogP contribution in [-0.2, 0) is 9.59 Å². The number of hydrazine groups is 1. The van der Waals surface area contributed by atoms with Crippen LogP contribution in [0.3, 0.4) is 0 Å². The first-order valence-corrected chi connectivity index (χ1v) is 9.69. The molecule has 1 aliphatic heterocycles. The molecule has 146 valence electrons. The number of nitrogens with zero attached hydrogens (tertiary/aromatic N) is 1. The highest BCUT2D eigenvalue weighted by Gasteiger charge is 2.52. The van der Waals surface area contributed by atoms with Crippen LogP contribution in [0.15, 0.2) is 12.1 Å². The molecule has 0 bridgehead atoms. The summed E-state index contributed by atoms with van der Waals surface area (Å²) in [5.41, 5.74) is 4.38. The van der Waals surface area contributed by atoms with Crippen molar-refractivity contribution in [3.05, 3.63) is 27.2 Å². The van der Waals surface area contributed by atoms with Crippen molar-refractivity contribution in [3.8, 4) is 0 Å². The van der Waals surface area contributed by atoms with E-state index in [0.717, 1.165) is 17.7 Å². The van der Waals surface area contributed by atoms with Gasteiger partial charge in [-0.3, -0.25) is 25.3 Å². The molecule has 3 N–H and O–H groups in total. The first-order chi connectivity index (χ1) is 12.7. The number of benzene rings is 1. The molecule has 1 aliphatic carbocycles. The molecule has 0 atom stereocenters. The second kappa shape index (κ2) is 7.73. The summed E-state index contributed by atoms with van der Waals surface area (Å²) in [7, 11) is 0.